The predicted molar refractivity (Wildman–Crippen MR) is 70.7 cm³/mol. The largest absolute Gasteiger partial charge is 0.478 e. The molecule has 0 aliphatic carbocycles. The number of fused-ring (bicyclic) bond motifs is 3. The van der Waals surface area contributed by atoms with Crippen LogP contribution < -0.4 is 15.8 Å². The van der Waals surface area contributed by atoms with Gasteiger partial charge >= 0.3 is 0 Å². The molecule has 3 N–H and O–H groups in total. The maximum absolute atomic E-state index is 11.8. The molecule has 2 aromatic rings. The highest BCUT2D eigenvalue weighted by Crippen LogP contribution is 2.37. The van der Waals surface area contributed by atoms with Crippen LogP contribution in [0.5, 0.6) is 5.75 Å². The van der Waals surface area contributed by atoms with Gasteiger partial charge in [0.2, 0.25) is 0 Å². The number of carbonyl (C=O) groups excluding carboxylic acids is 1. The molecule has 1 heterocycles. The Kier molecular flexibility index (Phi) is 2.64. The van der Waals surface area contributed by atoms with Gasteiger partial charge in [0.1, 0.15) is 0 Å². The Morgan fingerprint density at radius 2 is 2.06 bits per heavy atom. The van der Waals surface area contributed by atoms with E-state index in [0.717, 1.165) is 22.2 Å². The third-order valence-electron chi connectivity index (χ3n) is 3.12. The Labute approximate surface area is 105 Å². The van der Waals surface area contributed by atoms with Crippen LogP contribution in [0.3, 0.4) is 0 Å². The summed E-state index contributed by atoms with van der Waals surface area (Å²) in [6.07, 6.45) is 0.0300. The van der Waals surface area contributed by atoms with Crippen molar-refractivity contribution in [3.05, 3.63) is 36.4 Å². The highest BCUT2D eigenvalue weighted by Gasteiger charge is 2.27. The fourth-order valence-corrected chi connectivity index (χ4v) is 2.22. The lowest BCUT2D eigenvalue weighted by atomic mass is 10.1. The Balaban J connectivity index is 2.11. The maximum atomic E-state index is 11.8. The average Bonchev–Trinajstić information content (AvgIpc) is 2.40. The molecule has 3 rings (SSSR count). The van der Waals surface area contributed by atoms with Gasteiger partial charge in [0.15, 0.2) is 11.9 Å². The van der Waals surface area contributed by atoms with Gasteiger partial charge in [-0.15, -0.1) is 0 Å². The van der Waals surface area contributed by atoms with Crippen LogP contribution in [-0.2, 0) is 4.79 Å². The molecule has 0 saturated carbocycles. The van der Waals surface area contributed by atoms with Crippen LogP contribution >= 0.6 is 0 Å². The van der Waals surface area contributed by atoms with Crippen LogP contribution in [0.25, 0.3) is 10.8 Å². The van der Waals surface area contributed by atoms with E-state index in [1.54, 1.807) is 0 Å². The summed E-state index contributed by atoms with van der Waals surface area (Å²) >= 11 is 0. The van der Waals surface area contributed by atoms with Crippen molar-refractivity contribution >= 4 is 22.4 Å². The molecule has 1 unspecified atom stereocenters. The number of anilines is 1. The number of benzene rings is 2. The Hall–Kier alpha value is -2.07. The van der Waals surface area contributed by atoms with Gasteiger partial charge < -0.3 is 15.8 Å². The Morgan fingerprint density at radius 3 is 2.89 bits per heavy atom. The van der Waals surface area contributed by atoms with E-state index in [-0.39, 0.29) is 5.91 Å². The summed E-state index contributed by atoms with van der Waals surface area (Å²) < 4.78 is 5.81. The molecule has 4 heteroatoms. The van der Waals surface area contributed by atoms with Crippen LogP contribution in [0.15, 0.2) is 36.4 Å². The van der Waals surface area contributed by atoms with Crippen LogP contribution in [0.1, 0.15) is 6.42 Å². The molecule has 1 aliphatic heterocycles. The van der Waals surface area contributed by atoms with E-state index in [1.807, 2.05) is 36.4 Å². The standard InChI is InChI=1S/C14H14N2O2/c15-8-7-12-14(17)16-11-6-5-9-3-1-2-4-10(9)13(11)18-12/h1-6,12H,7-8,15H2,(H,16,17). The number of nitrogens with one attached hydrogen (secondary N) is 1. The Bertz CT molecular complexity index is 610. The molecule has 0 spiro atoms. The molecular formula is C14H14N2O2. The average molecular weight is 242 g/mol. The first kappa shape index (κ1) is 11.0. The number of hydrogen-bond acceptors (Lipinski definition) is 3. The predicted octanol–water partition coefficient (Wildman–Crippen LogP) is 1.89. The van der Waals surface area contributed by atoms with Gasteiger partial charge in [-0.3, -0.25) is 4.79 Å². The van der Waals surface area contributed by atoms with E-state index in [1.165, 1.54) is 0 Å². The lowest BCUT2D eigenvalue weighted by molar-refractivity contribution is -0.123. The molecule has 1 aliphatic rings. The fraction of sp³-hybridized carbons (Fsp3) is 0.214. The Morgan fingerprint density at radius 1 is 1.22 bits per heavy atom. The second kappa shape index (κ2) is 4.31. The summed E-state index contributed by atoms with van der Waals surface area (Å²) in [6, 6.07) is 11.8. The third-order valence-corrected chi connectivity index (χ3v) is 3.12. The van der Waals surface area contributed by atoms with E-state index >= 15 is 0 Å². The molecule has 92 valence electrons. The van der Waals surface area contributed by atoms with Crippen molar-refractivity contribution in [1.29, 1.82) is 0 Å². The van der Waals surface area contributed by atoms with E-state index in [0.29, 0.717) is 13.0 Å². The molecule has 0 fully saturated rings. The zero-order chi connectivity index (χ0) is 12.5. The third kappa shape index (κ3) is 1.71. The minimum absolute atomic E-state index is 0.122. The number of rotatable bonds is 2. The smallest absolute Gasteiger partial charge is 0.265 e. The van der Waals surface area contributed by atoms with Crippen LogP contribution in [0, 0.1) is 0 Å². The molecule has 0 saturated heterocycles. The molecular weight excluding hydrogens is 228 g/mol. The molecule has 4 nitrogen and oxygen atoms in total. The minimum atomic E-state index is -0.492. The van der Waals surface area contributed by atoms with Gasteiger partial charge in [0.25, 0.3) is 5.91 Å². The van der Waals surface area contributed by atoms with Gasteiger partial charge in [-0.1, -0.05) is 30.3 Å². The normalized spacial score (nSPS) is 18.1. The summed E-state index contributed by atoms with van der Waals surface area (Å²) in [6.45, 7) is 0.429. The van der Waals surface area contributed by atoms with Crippen molar-refractivity contribution in [2.75, 3.05) is 11.9 Å². The molecule has 0 bridgehead atoms. The number of amides is 1. The van der Waals surface area contributed by atoms with E-state index < -0.39 is 6.10 Å². The van der Waals surface area contributed by atoms with Gasteiger partial charge in [0.05, 0.1) is 5.69 Å². The summed E-state index contributed by atoms with van der Waals surface area (Å²) in [4.78, 5) is 11.8. The molecule has 0 aromatic heterocycles. The monoisotopic (exact) mass is 242 g/mol. The van der Waals surface area contributed by atoms with E-state index in [9.17, 15) is 4.79 Å². The first-order valence-corrected chi connectivity index (χ1v) is 5.99. The van der Waals surface area contributed by atoms with Crippen LogP contribution in [0.2, 0.25) is 0 Å². The first-order valence-electron chi connectivity index (χ1n) is 5.99. The number of hydrogen-bond donors (Lipinski definition) is 2. The van der Waals surface area contributed by atoms with Gasteiger partial charge in [-0.05, 0) is 18.0 Å². The summed E-state index contributed by atoms with van der Waals surface area (Å²) in [5, 5.41) is 4.97. The zero-order valence-corrected chi connectivity index (χ0v) is 9.85. The van der Waals surface area contributed by atoms with Gasteiger partial charge in [-0.2, -0.15) is 0 Å². The molecule has 1 amide bonds. The van der Waals surface area contributed by atoms with Gasteiger partial charge in [-0.25, -0.2) is 0 Å². The van der Waals surface area contributed by atoms with Crippen LogP contribution in [0.4, 0.5) is 5.69 Å². The number of nitrogens with two attached hydrogens (primary N) is 1. The maximum Gasteiger partial charge on any atom is 0.265 e. The number of ether oxygens (including phenoxy) is 1. The van der Waals surface area contributed by atoms with Crippen LogP contribution in [-0.4, -0.2) is 18.6 Å². The lowest BCUT2D eigenvalue weighted by Gasteiger charge is -2.26. The lowest BCUT2D eigenvalue weighted by Crippen LogP contribution is -2.38. The van der Waals surface area contributed by atoms with Crippen molar-refractivity contribution < 1.29 is 9.53 Å². The molecule has 1 atom stereocenters. The van der Waals surface area contributed by atoms with E-state index in [4.69, 9.17) is 10.5 Å². The second-order valence-corrected chi connectivity index (χ2v) is 4.34. The zero-order valence-electron chi connectivity index (χ0n) is 9.85. The van der Waals surface area contributed by atoms with Crippen molar-refractivity contribution in [1.82, 2.24) is 0 Å². The summed E-state index contributed by atoms with van der Waals surface area (Å²) in [5.41, 5.74) is 6.22. The minimum Gasteiger partial charge on any atom is -0.478 e. The number of carbonyl (C=O) groups is 1. The van der Waals surface area contributed by atoms with Crippen molar-refractivity contribution in [2.45, 2.75) is 12.5 Å². The highest BCUT2D eigenvalue weighted by molar-refractivity contribution is 6.03. The summed E-state index contributed by atoms with van der Waals surface area (Å²) in [7, 11) is 0. The molecule has 0 radical (unpaired) electrons. The molecule has 18 heavy (non-hydrogen) atoms. The fourth-order valence-electron chi connectivity index (χ4n) is 2.22. The summed E-state index contributed by atoms with van der Waals surface area (Å²) in [5.74, 6) is 0.620. The second-order valence-electron chi connectivity index (χ2n) is 4.34. The van der Waals surface area contributed by atoms with Crippen molar-refractivity contribution in [3.63, 3.8) is 0 Å². The SMILES string of the molecule is NCCC1Oc2c(ccc3ccccc23)NC1=O. The molecule has 2 aromatic carbocycles. The first-order chi connectivity index (χ1) is 8.79. The highest BCUT2D eigenvalue weighted by atomic mass is 16.5. The quantitative estimate of drug-likeness (QED) is 0.845. The topological polar surface area (TPSA) is 64.3 Å². The van der Waals surface area contributed by atoms with E-state index in [2.05, 4.69) is 5.32 Å². The van der Waals surface area contributed by atoms with Crippen molar-refractivity contribution in [3.8, 4) is 5.75 Å². The van der Waals surface area contributed by atoms with Crippen molar-refractivity contribution in [2.24, 2.45) is 5.73 Å². The van der Waals surface area contributed by atoms with Gasteiger partial charge in [0, 0.05) is 11.8 Å².